The fraction of sp³-hybridized carbons (Fsp3) is 0.857. The molecule has 0 atom stereocenters. The Balaban J connectivity index is 2.84. The fourth-order valence-corrected chi connectivity index (χ4v) is 2.91. The minimum atomic E-state index is -0.977. The molecule has 1 aliphatic heterocycles. The van der Waals surface area contributed by atoms with E-state index >= 15 is 0 Å². The van der Waals surface area contributed by atoms with Crippen LogP contribution in [0, 0.1) is 5.41 Å². The summed E-state index contributed by atoms with van der Waals surface area (Å²) in [6.07, 6.45) is 3.30. The zero-order valence-electron chi connectivity index (χ0n) is 12.5. The van der Waals surface area contributed by atoms with Crippen LogP contribution in [0.25, 0.3) is 0 Å². The van der Waals surface area contributed by atoms with Crippen molar-refractivity contribution in [3.05, 3.63) is 0 Å². The molecule has 116 valence electrons. The zero-order chi connectivity index (χ0) is 15.0. The number of carboxylic acid groups (broad SMARTS) is 1. The van der Waals surface area contributed by atoms with Gasteiger partial charge in [0.05, 0.1) is 12.0 Å². The van der Waals surface area contributed by atoms with Gasteiger partial charge in [0.25, 0.3) is 0 Å². The molecule has 6 heteroatoms. The molecule has 0 bridgehead atoms. The maximum absolute atomic E-state index is 12.8. The molecule has 1 fully saturated rings. The molecule has 1 rings (SSSR count). The van der Waals surface area contributed by atoms with Crippen molar-refractivity contribution in [1.82, 2.24) is 10.2 Å². The average Bonchev–Trinajstić information content (AvgIpc) is 2.43. The second kappa shape index (κ2) is 8.21. The standard InChI is InChI=1S/C14H26N2O4/c1-3-4-14(5-7-15-8-6-14)13(19)16(9-10-20-2)11-12(17)18/h15H,3-11H2,1-2H3,(H,17,18). The maximum atomic E-state index is 12.8. The Labute approximate surface area is 120 Å². The van der Waals surface area contributed by atoms with Gasteiger partial charge in [-0.25, -0.2) is 0 Å². The Bertz CT molecular complexity index is 322. The molecular formula is C14H26N2O4. The Morgan fingerprint density at radius 1 is 1.35 bits per heavy atom. The van der Waals surface area contributed by atoms with E-state index in [1.165, 1.54) is 4.90 Å². The van der Waals surface area contributed by atoms with E-state index in [2.05, 4.69) is 12.2 Å². The highest BCUT2D eigenvalue weighted by Gasteiger charge is 2.41. The molecule has 0 unspecified atom stereocenters. The van der Waals surface area contributed by atoms with Crippen LogP contribution in [0.1, 0.15) is 32.6 Å². The van der Waals surface area contributed by atoms with Gasteiger partial charge in [-0.2, -0.15) is 0 Å². The second-order valence-electron chi connectivity index (χ2n) is 5.39. The number of rotatable bonds is 8. The molecule has 0 aromatic carbocycles. The van der Waals surface area contributed by atoms with E-state index in [1.807, 2.05) is 0 Å². The van der Waals surface area contributed by atoms with Gasteiger partial charge >= 0.3 is 5.97 Å². The number of hydrogen-bond acceptors (Lipinski definition) is 4. The minimum absolute atomic E-state index is 0.0275. The number of nitrogens with one attached hydrogen (secondary N) is 1. The highest BCUT2D eigenvalue weighted by Crippen LogP contribution is 2.36. The first-order chi connectivity index (χ1) is 9.55. The van der Waals surface area contributed by atoms with E-state index in [0.717, 1.165) is 38.8 Å². The molecule has 1 aliphatic rings. The van der Waals surface area contributed by atoms with Crippen LogP contribution in [0.3, 0.4) is 0 Å². The molecule has 0 aromatic rings. The van der Waals surface area contributed by atoms with Crippen LogP contribution >= 0.6 is 0 Å². The summed E-state index contributed by atoms with van der Waals surface area (Å²) in [6, 6.07) is 0. The van der Waals surface area contributed by atoms with E-state index in [4.69, 9.17) is 9.84 Å². The number of ether oxygens (including phenoxy) is 1. The Hall–Kier alpha value is -1.14. The van der Waals surface area contributed by atoms with Crippen LogP contribution in [0.2, 0.25) is 0 Å². The first-order valence-electron chi connectivity index (χ1n) is 7.26. The Morgan fingerprint density at radius 3 is 2.50 bits per heavy atom. The van der Waals surface area contributed by atoms with Gasteiger partial charge in [-0.15, -0.1) is 0 Å². The quantitative estimate of drug-likeness (QED) is 0.687. The summed E-state index contributed by atoms with van der Waals surface area (Å²) in [5, 5.41) is 12.3. The van der Waals surface area contributed by atoms with Gasteiger partial charge < -0.3 is 20.1 Å². The summed E-state index contributed by atoms with van der Waals surface area (Å²) in [6.45, 7) is 4.14. The third kappa shape index (κ3) is 4.45. The fourth-order valence-electron chi connectivity index (χ4n) is 2.91. The van der Waals surface area contributed by atoms with Crippen LogP contribution in [-0.2, 0) is 14.3 Å². The monoisotopic (exact) mass is 286 g/mol. The van der Waals surface area contributed by atoms with E-state index < -0.39 is 11.4 Å². The number of nitrogens with zero attached hydrogens (tertiary/aromatic N) is 1. The Kier molecular flexibility index (Phi) is 6.95. The Morgan fingerprint density at radius 2 is 2.00 bits per heavy atom. The van der Waals surface area contributed by atoms with Crippen molar-refractivity contribution in [2.45, 2.75) is 32.6 Å². The molecule has 1 heterocycles. The number of aliphatic carboxylic acids is 1. The number of amides is 1. The lowest BCUT2D eigenvalue weighted by Gasteiger charge is -2.39. The van der Waals surface area contributed by atoms with Gasteiger partial charge in [0.2, 0.25) is 5.91 Å². The van der Waals surface area contributed by atoms with Gasteiger partial charge in [0, 0.05) is 13.7 Å². The molecular weight excluding hydrogens is 260 g/mol. The molecule has 0 saturated carbocycles. The number of piperidine rings is 1. The topological polar surface area (TPSA) is 78.9 Å². The first kappa shape index (κ1) is 16.9. The lowest BCUT2D eigenvalue weighted by atomic mass is 9.74. The summed E-state index contributed by atoms with van der Waals surface area (Å²) < 4.78 is 4.99. The smallest absolute Gasteiger partial charge is 0.323 e. The SMILES string of the molecule is CCCC1(C(=O)N(CCOC)CC(=O)O)CCNCC1. The second-order valence-corrected chi connectivity index (χ2v) is 5.39. The van der Waals surface area contributed by atoms with E-state index in [0.29, 0.717) is 13.2 Å². The number of carbonyl (C=O) groups excluding carboxylic acids is 1. The first-order valence-corrected chi connectivity index (χ1v) is 7.26. The molecule has 2 N–H and O–H groups in total. The van der Waals surface area contributed by atoms with Crippen LogP contribution in [0.5, 0.6) is 0 Å². The van der Waals surface area contributed by atoms with Gasteiger partial charge in [-0.05, 0) is 32.4 Å². The van der Waals surface area contributed by atoms with Crippen molar-refractivity contribution in [3.8, 4) is 0 Å². The van der Waals surface area contributed by atoms with Crippen molar-refractivity contribution < 1.29 is 19.4 Å². The maximum Gasteiger partial charge on any atom is 0.323 e. The molecule has 20 heavy (non-hydrogen) atoms. The molecule has 1 saturated heterocycles. The number of methoxy groups -OCH3 is 1. The van der Waals surface area contributed by atoms with Crippen LogP contribution in [0.15, 0.2) is 0 Å². The number of hydrogen-bond donors (Lipinski definition) is 2. The van der Waals surface area contributed by atoms with E-state index in [1.54, 1.807) is 7.11 Å². The third-order valence-electron chi connectivity index (χ3n) is 3.92. The number of carbonyl (C=O) groups is 2. The summed E-state index contributed by atoms with van der Waals surface area (Å²) in [5.74, 6) is -1.00. The van der Waals surface area contributed by atoms with Gasteiger partial charge in [-0.3, -0.25) is 9.59 Å². The van der Waals surface area contributed by atoms with Gasteiger partial charge in [0.1, 0.15) is 6.54 Å². The summed E-state index contributed by atoms with van der Waals surface area (Å²) in [4.78, 5) is 25.2. The van der Waals surface area contributed by atoms with Crippen molar-refractivity contribution in [1.29, 1.82) is 0 Å². The van der Waals surface area contributed by atoms with Gasteiger partial charge in [0.15, 0.2) is 0 Å². The third-order valence-corrected chi connectivity index (χ3v) is 3.92. The summed E-state index contributed by atoms with van der Waals surface area (Å²) >= 11 is 0. The summed E-state index contributed by atoms with van der Waals surface area (Å²) in [7, 11) is 1.55. The predicted octanol–water partition coefficient (Wildman–Crippen LogP) is 0.716. The molecule has 0 aromatic heterocycles. The average molecular weight is 286 g/mol. The van der Waals surface area contributed by atoms with Crippen LogP contribution in [-0.4, -0.2) is 61.8 Å². The molecule has 0 radical (unpaired) electrons. The zero-order valence-corrected chi connectivity index (χ0v) is 12.5. The highest BCUT2D eigenvalue weighted by molar-refractivity contribution is 5.86. The lowest BCUT2D eigenvalue weighted by Crippen LogP contribution is -2.51. The highest BCUT2D eigenvalue weighted by atomic mass is 16.5. The number of carboxylic acids is 1. The molecule has 6 nitrogen and oxygen atoms in total. The lowest BCUT2D eigenvalue weighted by molar-refractivity contribution is -0.152. The minimum Gasteiger partial charge on any atom is -0.480 e. The van der Waals surface area contributed by atoms with Crippen molar-refractivity contribution >= 4 is 11.9 Å². The normalized spacial score (nSPS) is 17.7. The van der Waals surface area contributed by atoms with Crippen LogP contribution in [0.4, 0.5) is 0 Å². The van der Waals surface area contributed by atoms with Crippen molar-refractivity contribution in [3.63, 3.8) is 0 Å². The van der Waals surface area contributed by atoms with Crippen LogP contribution < -0.4 is 5.32 Å². The summed E-state index contributed by atoms with van der Waals surface area (Å²) in [5.41, 5.74) is -0.400. The predicted molar refractivity (Wildman–Crippen MR) is 75.5 cm³/mol. The van der Waals surface area contributed by atoms with Crippen molar-refractivity contribution in [2.24, 2.45) is 5.41 Å². The van der Waals surface area contributed by atoms with Gasteiger partial charge in [-0.1, -0.05) is 13.3 Å². The molecule has 0 aliphatic carbocycles. The van der Waals surface area contributed by atoms with E-state index in [-0.39, 0.29) is 12.5 Å². The molecule has 1 amide bonds. The van der Waals surface area contributed by atoms with E-state index in [9.17, 15) is 9.59 Å². The molecule has 0 spiro atoms. The largest absolute Gasteiger partial charge is 0.480 e. The van der Waals surface area contributed by atoms with Crippen molar-refractivity contribution in [2.75, 3.05) is 39.9 Å².